The lowest BCUT2D eigenvalue weighted by Crippen LogP contribution is -2.28. The summed E-state index contributed by atoms with van der Waals surface area (Å²) >= 11 is 0. The molecule has 0 saturated carbocycles. The minimum absolute atomic E-state index is 0.200. The Kier molecular flexibility index (Phi) is 4.38. The molecule has 0 radical (unpaired) electrons. The van der Waals surface area contributed by atoms with Crippen molar-refractivity contribution in [3.63, 3.8) is 0 Å². The van der Waals surface area contributed by atoms with Crippen LogP contribution >= 0.6 is 0 Å². The second-order valence-electron chi connectivity index (χ2n) is 5.58. The number of carbonyl (C=O) groups excluding carboxylic acids is 1. The first kappa shape index (κ1) is 15.9. The first-order valence-electron chi connectivity index (χ1n) is 7.69. The molecule has 0 fully saturated rings. The Morgan fingerprint density at radius 1 is 1.33 bits per heavy atom. The Labute approximate surface area is 139 Å². The highest BCUT2D eigenvalue weighted by molar-refractivity contribution is 5.99. The molecular weight excluding hydrogens is 306 g/mol. The average molecular weight is 323 g/mol. The minimum Gasteiger partial charge on any atom is -0.352 e. The number of nitrogens with one attached hydrogen (secondary N) is 1. The van der Waals surface area contributed by atoms with E-state index in [1.54, 1.807) is 25.1 Å². The smallest absolute Gasteiger partial charge is 0.258 e. The number of aromatic nitrogens is 2. The van der Waals surface area contributed by atoms with Gasteiger partial charge in [0.2, 0.25) is 0 Å². The molecule has 3 rings (SSSR count). The van der Waals surface area contributed by atoms with E-state index < -0.39 is 5.66 Å². The SMILES string of the molecule is C#CCCC1(CCNC(=O)c2ccccc2-c2nc(C)no2)N=N1. The van der Waals surface area contributed by atoms with Crippen molar-refractivity contribution in [2.45, 2.75) is 31.8 Å². The summed E-state index contributed by atoms with van der Waals surface area (Å²) < 4.78 is 5.16. The average Bonchev–Trinajstić information content (AvgIpc) is 3.23. The van der Waals surface area contributed by atoms with Crippen molar-refractivity contribution >= 4 is 5.91 Å². The summed E-state index contributed by atoms with van der Waals surface area (Å²) in [5.41, 5.74) is 0.699. The van der Waals surface area contributed by atoms with Crippen LogP contribution in [-0.2, 0) is 0 Å². The maximum absolute atomic E-state index is 12.5. The van der Waals surface area contributed by atoms with Gasteiger partial charge >= 0.3 is 0 Å². The molecule has 2 aromatic rings. The van der Waals surface area contributed by atoms with Crippen LogP contribution in [-0.4, -0.2) is 28.3 Å². The van der Waals surface area contributed by atoms with E-state index in [-0.39, 0.29) is 5.91 Å². The van der Waals surface area contributed by atoms with E-state index in [1.807, 2.05) is 6.07 Å². The van der Waals surface area contributed by atoms with Crippen LogP contribution in [0.15, 0.2) is 39.0 Å². The van der Waals surface area contributed by atoms with E-state index in [1.165, 1.54) is 0 Å². The highest BCUT2D eigenvalue weighted by Gasteiger charge is 2.38. The maximum Gasteiger partial charge on any atom is 0.258 e. The normalized spacial score (nSPS) is 14.2. The molecule has 1 aromatic carbocycles. The zero-order chi connectivity index (χ0) is 17.0. The highest BCUT2D eigenvalue weighted by Crippen LogP contribution is 2.36. The fourth-order valence-electron chi connectivity index (χ4n) is 2.41. The molecule has 0 bridgehead atoms. The van der Waals surface area contributed by atoms with Gasteiger partial charge < -0.3 is 9.84 Å². The van der Waals surface area contributed by atoms with Crippen LogP contribution in [0.2, 0.25) is 0 Å². The Bertz CT molecular complexity index is 812. The molecule has 1 aliphatic rings. The zero-order valence-corrected chi connectivity index (χ0v) is 13.3. The van der Waals surface area contributed by atoms with Gasteiger partial charge in [-0.25, -0.2) is 0 Å². The van der Waals surface area contributed by atoms with E-state index in [0.29, 0.717) is 42.2 Å². The van der Waals surface area contributed by atoms with E-state index in [2.05, 4.69) is 31.6 Å². The largest absolute Gasteiger partial charge is 0.352 e. The second kappa shape index (κ2) is 6.62. The third kappa shape index (κ3) is 3.49. The molecular formula is C17H17N5O2. The predicted molar refractivity (Wildman–Crippen MR) is 87.1 cm³/mol. The van der Waals surface area contributed by atoms with Crippen LogP contribution in [0.25, 0.3) is 11.5 Å². The molecule has 0 spiro atoms. The maximum atomic E-state index is 12.5. The summed E-state index contributed by atoms with van der Waals surface area (Å²) in [5, 5.41) is 14.8. The van der Waals surface area contributed by atoms with Crippen molar-refractivity contribution in [3.8, 4) is 23.8 Å². The predicted octanol–water partition coefficient (Wildman–Crippen LogP) is 2.74. The number of benzene rings is 1. The monoisotopic (exact) mass is 323 g/mol. The van der Waals surface area contributed by atoms with Gasteiger partial charge in [-0.2, -0.15) is 15.2 Å². The van der Waals surface area contributed by atoms with Crippen LogP contribution in [0, 0.1) is 19.3 Å². The summed E-state index contributed by atoms with van der Waals surface area (Å²) in [4.78, 5) is 16.7. The Balaban J connectivity index is 1.63. The van der Waals surface area contributed by atoms with Crippen LogP contribution in [0.4, 0.5) is 0 Å². The van der Waals surface area contributed by atoms with Crippen molar-refractivity contribution in [2.75, 3.05) is 6.54 Å². The fourth-order valence-corrected chi connectivity index (χ4v) is 2.41. The summed E-state index contributed by atoms with van der Waals surface area (Å²) in [5.74, 6) is 3.24. The van der Waals surface area contributed by atoms with Crippen LogP contribution in [0.3, 0.4) is 0 Å². The van der Waals surface area contributed by atoms with Crippen molar-refractivity contribution in [3.05, 3.63) is 35.7 Å². The Hall–Kier alpha value is -3.01. The zero-order valence-electron chi connectivity index (χ0n) is 13.3. The van der Waals surface area contributed by atoms with E-state index in [9.17, 15) is 4.79 Å². The van der Waals surface area contributed by atoms with E-state index >= 15 is 0 Å². The van der Waals surface area contributed by atoms with E-state index in [4.69, 9.17) is 10.9 Å². The molecule has 0 aliphatic carbocycles. The Morgan fingerprint density at radius 3 is 2.79 bits per heavy atom. The Morgan fingerprint density at radius 2 is 2.12 bits per heavy atom. The van der Waals surface area contributed by atoms with Gasteiger partial charge in [-0.15, -0.1) is 12.3 Å². The van der Waals surface area contributed by atoms with Crippen molar-refractivity contribution in [2.24, 2.45) is 10.2 Å². The summed E-state index contributed by atoms with van der Waals surface area (Å²) in [6.07, 6.45) is 7.25. The molecule has 0 saturated heterocycles. The van der Waals surface area contributed by atoms with Crippen LogP contribution in [0.1, 0.15) is 35.4 Å². The lowest BCUT2D eigenvalue weighted by atomic mass is 10.0. The van der Waals surface area contributed by atoms with Crippen molar-refractivity contribution < 1.29 is 9.32 Å². The van der Waals surface area contributed by atoms with Gasteiger partial charge in [-0.3, -0.25) is 4.79 Å². The second-order valence-corrected chi connectivity index (χ2v) is 5.58. The number of rotatable bonds is 7. The number of aryl methyl sites for hydroxylation is 1. The van der Waals surface area contributed by atoms with Gasteiger partial charge in [0.15, 0.2) is 11.5 Å². The standard InChI is InChI=1S/C17H17N5O2/c1-3-4-9-17(21-22-17)10-11-18-15(23)13-7-5-6-8-14(13)16-19-12(2)20-24-16/h1,5-8H,4,9-11H2,2H3,(H,18,23). The fraction of sp³-hybridized carbons (Fsp3) is 0.353. The van der Waals surface area contributed by atoms with Gasteiger partial charge in [-0.05, 0) is 19.1 Å². The molecule has 122 valence electrons. The summed E-state index contributed by atoms with van der Waals surface area (Å²) in [6, 6.07) is 7.12. The molecule has 1 N–H and O–H groups in total. The van der Waals surface area contributed by atoms with Gasteiger partial charge in [0.1, 0.15) is 0 Å². The summed E-state index contributed by atoms with van der Waals surface area (Å²) in [7, 11) is 0. The number of hydrogen-bond acceptors (Lipinski definition) is 6. The number of carbonyl (C=O) groups is 1. The summed E-state index contributed by atoms with van der Waals surface area (Å²) in [6.45, 7) is 2.20. The van der Waals surface area contributed by atoms with Gasteiger partial charge in [0.05, 0.1) is 11.1 Å². The first-order chi connectivity index (χ1) is 11.6. The highest BCUT2D eigenvalue weighted by atomic mass is 16.5. The van der Waals surface area contributed by atoms with Crippen molar-refractivity contribution in [1.82, 2.24) is 15.5 Å². The van der Waals surface area contributed by atoms with Gasteiger partial charge in [-0.1, -0.05) is 17.3 Å². The third-order valence-corrected chi connectivity index (χ3v) is 3.79. The number of nitrogens with zero attached hydrogens (tertiary/aromatic N) is 4. The third-order valence-electron chi connectivity index (χ3n) is 3.79. The van der Waals surface area contributed by atoms with Gasteiger partial charge in [0.25, 0.3) is 11.8 Å². The van der Waals surface area contributed by atoms with Gasteiger partial charge in [0, 0.05) is 25.8 Å². The lowest BCUT2D eigenvalue weighted by molar-refractivity contribution is 0.0952. The minimum atomic E-state index is -0.400. The number of hydrogen-bond donors (Lipinski definition) is 1. The quantitative estimate of drug-likeness (QED) is 0.793. The van der Waals surface area contributed by atoms with Crippen molar-refractivity contribution in [1.29, 1.82) is 0 Å². The van der Waals surface area contributed by atoms with Crippen LogP contribution < -0.4 is 5.32 Å². The number of terminal acetylenes is 1. The molecule has 7 heteroatoms. The lowest BCUT2D eigenvalue weighted by Gasteiger charge is -2.11. The molecule has 7 nitrogen and oxygen atoms in total. The molecule has 0 unspecified atom stereocenters. The molecule has 2 heterocycles. The molecule has 0 atom stereocenters. The molecule has 1 aliphatic heterocycles. The molecule has 1 aromatic heterocycles. The molecule has 24 heavy (non-hydrogen) atoms. The molecule has 1 amide bonds. The topological polar surface area (TPSA) is 92.7 Å². The number of amides is 1. The van der Waals surface area contributed by atoms with Crippen LogP contribution in [0.5, 0.6) is 0 Å². The van der Waals surface area contributed by atoms with E-state index in [0.717, 1.165) is 6.42 Å². The first-order valence-corrected chi connectivity index (χ1v) is 7.69.